The number of nitrogens with zero attached hydrogens (tertiary/aromatic N) is 3. The lowest BCUT2D eigenvalue weighted by molar-refractivity contribution is 0.865. The molecule has 0 amide bonds. The Morgan fingerprint density at radius 2 is 2.00 bits per heavy atom. The van der Waals surface area contributed by atoms with Crippen molar-refractivity contribution in [1.29, 1.82) is 0 Å². The number of guanidine groups is 1. The van der Waals surface area contributed by atoms with E-state index in [0.29, 0.717) is 19.0 Å². The second-order valence-corrected chi connectivity index (χ2v) is 6.21. The molecule has 4 N–H and O–H groups in total. The Labute approximate surface area is 144 Å². The molecule has 7 heteroatoms. The van der Waals surface area contributed by atoms with E-state index in [2.05, 4.69) is 31.7 Å². The summed E-state index contributed by atoms with van der Waals surface area (Å²) in [6.45, 7) is 2.05. The number of para-hydroxylation sites is 1. The van der Waals surface area contributed by atoms with Gasteiger partial charge in [-0.15, -0.1) is 0 Å². The molecule has 0 fully saturated rings. The number of aromatic nitrogens is 2. The molecule has 0 bridgehead atoms. The fourth-order valence-corrected chi connectivity index (χ4v) is 3.09. The number of hydrogen-bond acceptors (Lipinski definition) is 5. The van der Waals surface area contributed by atoms with E-state index >= 15 is 0 Å². The van der Waals surface area contributed by atoms with Crippen molar-refractivity contribution in [2.45, 2.75) is 6.42 Å². The average Bonchev–Trinajstić information content (AvgIpc) is 3.02. The van der Waals surface area contributed by atoms with Gasteiger partial charge in [0.1, 0.15) is 0 Å². The number of benzene rings is 1. The summed E-state index contributed by atoms with van der Waals surface area (Å²) in [4.78, 5) is 13.1. The second-order valence-electron chi connectivity index (χ2n) is 5.18. The van der Waals surface area contributed by atoms with Gasteiger partial charge in [-0.1, -0.05) is 29.5 Å². The number of nitrogens with one attached hydrogen (secondary N) is 2. The first-order valence-electron chi connectivity index (χ1n) is 7.84. The molecule has 1 aromatic carbocycles. The highest BCUT2D eigenvalue weighted by Gasteiger charge is 2.01. The number of fused-ring (bicyclic) bond motifs is 1. The van der Waals surface area contributed by atoms with E-state index in [9.17, 15) is 0 Å². The maximum Gasteiger partial charge on any atom is 0.188 e. The van der Waals surface area contributed by atoms with E-state index in [1.165, 1.54) is 4.70 Å². The van der Waals surface area contributed by atoms with E-state index < -0.39 is 0 Å². The molecule has 0 aliphatic carbocycles. The highest BCUT2D eigenvalue weighted by atomic mass is 32.1. The summed E-state index contributed by atoms with van der Waals surface area (Å²) >= 11 is 1.65. The van der Waals surface area contributed by atoms with Crippen LogP contribution in [0, 0.1) is 0 Å². The summed E-state index contributed by atoms with van der Waals surface area (Å²) in [6.07, 6.45) is 2.57. The largest absolute Gasteiger partial charge is 0.370 e. The first-order chi connectivity index (χ1) is 11.8. The number of rotatable bonds is 7. The van der Waals surface area contributed by atoms with Gasteiger partial charge in [-0.25, -0.2) is 4.98 Å². The molecule has 3 aromatic rings. The summed E-state index contributed by atoms with van der Waals surface area (Å²) in [5.41, 5.74) is 7.90. The zero-order valence-electron chi connectivity index (χ0n) is 13.3. The number of aliphatic imine (C=N–C) groups is 1. The Balaban J connectivity index is 1.37. The predicted octanol–water partition coefficient (Wildman–Crippen LogP) is 2.25. The van der Waals surface area contributed by atoms with Crippen LogP contribution in [0.25, 0.3) is 10.2 Å². The molecule has 0 saturated heterocycles. The maximum atomic E-state index is 5.86. The zero-order valence-corrected chi connectivity index (χ0v) is 14.1. The van der Waals surface area contributed by atoms with Crippen molar-refractivity contribution < 1.29 is 0 Å². The Morgan fingerprint density at radius 3 is 2.83 bits per heavy atom. The zero-order chi connectivity index (χ0) is 16.6. The Hall–Kier alpha value is -2.67. The van der Waals surface area contributed by atoms with Crippen LogP contribution < -0.4 is 16.4 Å². The smallest absolute Gasteiger partial charge is 0.188 e. The third kappa shape index (κ3) is 4.66. The summed E-state index contributed by atoms with van der Waals surface area (Å²) in [5, 5.41) is 7.31. The molecule has 0 saturated carbocycles. The van der Waals surface area contributed by atoms with Crippen LogP contribution in [0.1, 0.15) is 5.69 Å². The highest BCUT2D eigenvalue weighted by Crippen LogP contribution is 2.24. The highest BCUT2D eigenvalue weighted by molar-refractivity contribution is 7.22. The second kappa shape index (κ2) is 8.26. The van der Waals surface area contributed by atoms with Crippen LogP contribution in [-0.2, 0) is 6.42 Å². The lowest BCUT2D eigenvalue weighted by Crippen LogP contribution is -2.35. The monoisotopic (exact) mass is 340 g/mol. The summed E-state index contributed by atoms with van der Waals surface area (Å²) < 4.78 is 1.18. The van der Waals surface area contributed by atoms with Crippen molar-refractivity contribution in [3.8, 4) is 0 Å². The van der Waals surface area contributed by atoms with E-state index in [4.69, 9.17) is 5.73 Å². The maximum absolute atomic E-state index is 5.86. The standard InChI is InChI=1S/C17H20N6S/c18-16(20-10-8-13-5-3-4-9-19-13)21-11-12-22-17-23-14-6-1-2-7-15(14)24-17/h1-7,9H,8,10-12H2,(H,22,23)(H3,18,20,21). The van der Waals surface area contributed by atoms with Crippen LogP contribution in [0.4, 0.5) is 5.13 Å². The van der Waals surface area contributed by atoms with E-state index in [0.717, 1.165) is 29.3 Å². The van der Waals surface area contributed by atoms with Gasteiger partial charge in [0.25, 0.3) is 0 Å². The molecule has 0 aliphatic rings. The molecule has 124 valence electrons. The lowest BCUT2D eigenvalue weighted by Gasteiger charge is -2.06. The summed E-state index contributed by atoms with van der Waals surface area (Å²) in [7, 11) is 0. The van der Waals surface area contributed by atoms with Crippen molar-refractivity contribution in [2.24, 2.45) is 10.7 Å². The molecule has 2 aromatic heterocycles. The Bertz CT molecular complexity index is 766. The van der Waals surface area contributed by atoms with Crippen molar-refractivity contribution in [3.05, 3.63) is 54.4 Å². The molecule has 0 spiro atoms. The third-order valence-electron chi connectivity index (χ3n) is 3.38. The van der Waals surface area contributed by atoms with Crippen molar-refractivity contribution in [3.63, 3.8) is 0 Å². The van der Waals surface area contributed by atoms with Gasteiger partial charge in [0.15, 0.2) is 11.1 Å². The number of hydrogen-bond donors (Lipinski definition) is 3. The molecule has 0 unspecified atom stereocenters. The third-order valence-corrected chi connectivity index (χ3v) is 4.37. The summed E-state index contributed by atoms with van der Waals surface area (Å²) in [5.74, 6) is 0.456. The SMILES string of the molecule is NC(=NCCc1ccccn1)NCCNc1nc2ccccc2s1. The Kier molecular flexibility index (Phi) is 5.57. The van der Waals surface area contributed by atoms with Crippen LogP contribution in [0.15, 0.2) is 53.7 Å². The fraction of sp³-hybridized carbons (Fsp3) is 0.235. The average molecular weight is 340 g/mol. The summed E-state index contributed by atoms with van der Waals surface area (Å²) in [6, 6.07) is 14.0. The van der Waals surface area contributed by atoms with E-state index in [1.54, 1.807) is 17.5 Å². The first-order valence-corrected chi connectivity index (χ1v) is 8.66. The van der Waals surface area contributed by atoms with Gasteiger partial charge < -0.3 is 16.4 Å². The quantitative estimate of drug-likeness (QED) is 0.349. The van der Waals surface area contributed by atoms with Gasteiger partial charge in [-0.2, -0.15) is 0 Å². The van der Waals surface area contributed by atoms with E-state index in [-0.39, 0.29) is 0 Å². The number of nitrogens with two attached hydrogens (primary N) is 1. The van der Waals surface area contributed by atoms with Gasteiger partial charge >= 0.3 is 0 Å². The first kappa shape index (κ1) is 16.2. The molecular weight excluding hydrogens is 320 g/mol. The minimum Gasteiger partial charge on any atom is -0.370 e. The van der Waals surface area contributed by atoms with Crippen molar-refractivity contribution in [2.75, 3.05) is 25.0 Å². The van der Waals surface area contributed by atoms with Crippen LogP contribution in [0.2, 0.25) is 0 Å². The molecule has 0 atom stereocenters. The Morgan fingerprint density at radius 1 is 1.12 bits per heavy atom. The van der Waals surface area contributed by atoms with Crippen LogP contribution >= 0.6 is 11.3 Å². The van der Waals surface area contributed by atoms with Crippen LogP contribution in [0.5, 0.6) is 0 Å². The van der Waals surface area contributed by atoms with Crippen molar-refractivity contribution in [1.82, 2.24) is 15.3 Å². The van der Waals surface area contributed by atoms with Crippen LogP contribution in [-0.4, -0.2) is 35.6 Å². The molecule has 3 rings (SSSR count). The van der Waals surface area contributed by atoms with Gasteiger partial charge in [-0.3, -0.25) is 9.98 Å². The minimum atomic E-state index is 0.456. The van der Waals surface area contributed by atoms with E-state index in [1.807, 2.05) is 36.4 Å². The molecule has 6 nitrogen and oxygen atoms in total. The molecule has 2 heterocycles. The molecule has 0 aliphatic heterocycles. The fourth-order valence-electron chi connectivity index (χ4n) is 2.20. The topological polar surface area (TPSA) is 88.2 Å². The minimum absolute atomic E-state index is 0.456. The van der Waals surface area contributed by atoms with Crippen LogP contribution in [0.3, 0.4) is 0 Å². The lowest BCUT2D eigenvalue weighted by atomic mass is 10.3. The number of thiazole rings is 1. The predicted molar refractivity (Wildman–Crippen MR) is 101 cm³/mol. The molecular formula is C17H20N6S. The normalized spacial score (nSPS) is 11.6. The van der Waals surface area contributed by atoms with Gasteiger partial charge in [-0.05, 0) is 24.3 Å². The van der Waals surface area contributed by atoms with Crippen molar-refractivity contribution >= 4 is 32.6 Å². The van der Waals surface area contributed by atoms with Gasteiger partial charge in [0.05, 0.1) is 10.2 Å². The number of anilines is 1. The molecule has 24 heavy (non-hydrogen) atoms. The molecule has 0 radical (unpaired) electrons. The van der Waals surface area contributed by atoms with Gasteiger partial charge in [0.2, 0.25) is 0 Å². The number of pyridine rings is 1. The van der Waals surface area contributed by atoms with Gasteiger partial charge in [0, 0.05) is 37.9 Å².